The normalized spacial score (nSPS) is 17.0. The number of hydrogen-bond acceptors (Lipinski definition) is 6. The molecule has 0 bridgehead atoms. The second kappa shape index (κ2) is 8.30. The maximum atomic E-state index is 12.7. The number of amides is 2. The van der Waals surface area contributed by atoms with Gasteiger partial charge in [-0.25, -0.2) is 4.79 Å². The van der Waals surface area contributed by atoms with Gasteiger partial charge in [0.2, 0.25) is 5.89 Å². The van der Waals surface area contributed by atoms with Crippen LogP contribution in [0.3, 0.4) is 0 Å². The number of urea groups is 1. The van der Waals surface area contributed by atoms with Crippen LogP contribution in [0.1, 0.15) is 47.6 Å². The maximum absolute atomic E-state index is 12.7. The van der Waals surface area contributed by atoms with E-state index in [-0.39, 0.29) is 18.6 Å². The van der Waals surface area contributed by atoms with Crippen molar-refractivity contribution in [1.29, 1.82) is 0 Å². The van der Waals surface area contributed by atoms with Crippen LogP contribution in [0.4, 0.5) is 4.79 Å². The minimum Gasteiger partial charge on any atom is -0.339 e. The summed E-state index contributed by atoms with van der Waals surface area (Å²) in [6.07, 6.45) is 5.42. The fourth-order valence-corrected chi connectivity index (χ4v) is 4.00. The third kappa shape index (κ3) is 4.33. The van der Waals surface area contributed by atoms with E-state index in [4.69, 9.17) is 4.52 Å². The SMILES string of the molecule is O=C(NCc1noc(Cc2cccs2)n1)N1CCCC[C@@H]1c1ccccn1. The predicted molar refractivity (Wildman–Crippen MR) is 101 cm³/mol. The Morgan fingerprint density at radius 1 is 1.30 bits per heavy atom. The Morgan fingerprint density at radius 3 is 3.07 bits per heavy atom. The molecular formula is C19H21N5O2S. The van der Waals surface area contributed by atoms with Gasteiger partial charge >= 0.3 is 6.03 Å². The Kier molecular flexibility index (Phi) is 5.43. The molecule has 1 aliphatic heterocycles. The molecular weight excluding hydrogens is 362 g/mol. The van der Waals surface area contributed by atoms with Crippen LogP contribution in [0.5, 0.6) is 0 Å². The third-order valence-corrected chi connectivity index (χ3v) is 5.48. The van der Waals surface area contributed by atoms with Crippen molar-refractivity contribution in [1.82, 2.24) is 25.3 Å². The van der Waals surface area contributed by atoms with Gasteiger partial charge in [0, 0.05) is 17.6 Å². The van der Waals surface area contributed by atoms with Crippen LogP contribution in [0.25, 0.3) is 0 Å². The molecule has 1 atom stereocenters. The van der Waals surface area contributed by atoms with E-state index in [0.717, 1.165) is 31.5 Å². The number of pyridine rings is 1. The van der Waals surface area contributed by atoms with Gasteiger partial charge in [-0.15, -0.1) is 11.3 Å². The minimum absolute atomic E-state index is 0.0135. The largest absolute Gasteiger partial charge is 0.339 e. The average Bonchev–Trinajstić information content (AvgIpc) is 3.39. The second-order valence-corrected chi connectivity index (χ2v) is 7.51. The number of thiophene rings is 1. The molecule has 0 unspecified atom stereocenters. The summed E-state index contributed by atoms with van der Waals surface area (Å²) in [5.41, 5.74) is 0.935. The van der Waals surface area contributed by atoms with Crippen LogP contribution in [-0.4, -0.2) is 32.6 Å². The highest BCUT2D eigenvalue weighted by molar-refractivity contribution is 7.09. The molecule has 0 aromatic carbocycles. The predicted octanol–water partition coefficient (Wildman–Crippen LogP) is 3.55. The Morgan fingerprint density at radius 2 is 2.26 bits per heavy atom. The van der Waals surface area contributed by atoms with Crippen LogP contribution in [-0.2, 0) is 13.0 Å². The summed E-state index contributed by atoms with van der Waals surface area (Å²) in [4.78, 5) is 24.5. The van der Waals surface area contributed by atoms with Crippen molar-refractivity contribution in [3.05, 3.63) is 64.2 Å². The van der Waals surface area contributed by atoms with E-state index in [1.807, 2.05) is 40.6 Å². The lowest BCUT2D eigenvalue weighted by atomic mass is 9.99. The Balaban J connectivity index is 1.36. The second-order valence-electron chi connectivity index (χ2n) is 6.48. The molecule has 7 nitrogen and oxygen atoms in total. The fraction of sp³-hybridized carbons (Fsp3) is 0.368. The number of nitrogens with one attached hydrogen (secondary N) is 1. The lowest BCUT2D eigenvalue weighted by Gasteiger charge is -2.35. The molecule has 140 valence electrons. The number of aromatic nitrogens is 3. The Labute approximate surface area is 161 Å². The van der Waals surface area contributed by atoms with Gasteiger partial charge in [0.1, 0.15) is 0 Å². The highest BCUT2D eigenvalue weighted by atomic mass is 32.1. The summed E-state index contributed by atoms with van der Waals surface area (Å²) < 4.78 is 5.28. The van der Waals surface area contributed by atoms with Crippen molar-refractivity contribution in [2.75, 3.05) is 6.54 Å². The lowest BCUT2D eigenvalue weighted by molar-refractivity contribution is 0.149. The van der Waals surface area contributed by atoms with E-state index >= 15 is 0 Å². The van der Waals surface area contributed by atoms with Gasteiger partial charge in [-0.2, -0.15) is 4.98 Å². The molecule has 0 spiro atoms. The third-order valence-electron chi connectivity index (χ3n) is 4.61. The summed E-state index contributed by atoms with van der Waals surface area (Å²) in [6, 6.07) is 9.75. The van der Waals surface area contributed by atoms with Crippen molar-refractivity contribution in [3.8, 4) is 0 Å². The summed E-state index contributed by atoms with van der Waals surface area (Å²) >= 11 is 1.65. The first-order valence-electron chi connectivity index (χ1n) is 9.09. The quantitative estimate of drug-likeness (QED) is 0.728. The zero-order chi connectivity index (χ0) is 18.5. The van der Waals surface area contributed by atoms with E-state index in [1.165, 1.54) is 4.88 Å². The highest BCUT2D eigenvalue weighted by Gasteiger charge is 2.28. The molecule has 0 aliphatic carbocycles. The monoisotopic (exact) mass is 383 g/mol. The van der Waals surface area contributed by atoms with Crippen LogP contribution in [0.15, 0.2) is 46.4 Å². The molecule has 0 radical (unpaired) electrons. The standard InChI is InChI=1S/C19H21N5O2S/c25-19(24-10-4-2-8-16(24)15-7-1-3-9-20-15)21-13-17-22-18(26-23-17)12-14-6-5-11-27-14/h1,3,5-7,9,11,16H,2,4,8,10,12-13H2,(H,21,25)/t16-/m1/s1. The average molecular weight is 383 g/mol. The molecule has 27 heavy (non-hydrogen) atoms. The van der Waals surface area contributed by atoms with Crippen molar-refractivity contribution >= 4 is 17.4 Å². The molecule has 1 aliphatic rings. The smallest absolute Gasteiger partial charge is 0.318 e. The van der Waals surface area contributed by atoms with Crippen LogP contribution >= 0.6 is 11.3 Å². The van der Waals surface area contributed by atoms with Crippen molar-refractivity contribution in [2.24, 2.45) is 0 Å². The Hall–Kier alpha value is -2.74. The highest BCUT2D eigenvalue weighted by Crippen LogP contribution is 2.29. The summed E-state index contributed by atoms with van der Waals surface area (Å²) in [6.45, 7) is 0.973. The summed E-state index contributed by atoms with van der Waals surface area (Å²) in [5, 5.41) is 8.90. The van der Waals surface area contributed by atoms with Crippen LogP contribution in [0.2, 0.25) is 0 Å². The molecule has 2 amide bonds. The van der Waals surface area contributed by atoms with Gasteiger partial charge < -0.3 is 14.7 Å². The topological polar surface area (TPSA) is 84.2 Å². The van der Waals surface area contributed by atoms with E-state index in [2.05, 4.69) is 20.4 Å². The molecule has 4 rings (SSSR count). The summed E-state index contributed by atoms with van der Waals surface area (Å²) in [7, 11) is 0. The number of likely N-dealkylation sites (tertiary alicyclic amines) is 1. The van der Waals surface area contributed by atoms with Crippen molar-refractivity contribution in [2.45, 2.75) is 38.3 Å². The van der Waals surface area contributed by atoms with Gasteiger partial charge in [-0.1, -0.05) is 17.3 Å². The lowest BCUT2D eigenvalue weighted by Crippen LogP contribution is -2.44. The first-order valence-corrected chi connectivity index (χ1v) is 9.97. The van der Waals surface area contributed by atoms with E-state index in [0.29, 0.717) is 18.1 Å². The number of hydrogen-bond donors (Lipinski definition) is 1. The van der Waals surface area contributed by atoms with E-state index in [1.54, 1.807) is 17.5 Å². The zero-order valence-electron chi connectivity index (χ0n) is 14.9. The molecule has 0 saturated carbocycles. The fourth-order valence-electron chi connectivity index (χ4n) is 3.31. The number of rotatable bonds is 5. The molecule has 4 heterocycles. The number of carbonyl (C=O) groups excluding carboxylic acids is 1. The first-order chi connectivity index (χ1) is 13.3. The van der Waals surface area contributed by atoms with Crippen molar-refractivity contribution < 1.29 is 9.32 Å². The molecule has 1 saturated heterocycles. The van der Waals surface area contributed by atoms with E-state index in [9.17, 15) is 4.79 Å². The molecule has 1 N–H and O–H groups in total. The van der Waals surface area contributed by atoms with Crippen LogP contribution < -0.4 is 5.32 Å². The minimum atomic E-state index is -0.116. The van der Waals surface area contributed by atoms with Gasteiger partial charge in [-0.3, -0.25) is 4.98 Å². The van der Waals surface area contributed by atoms with E-state index < -0.39 is 0 Å². The number of piperidine rings is 1. The first kappa shape index (κ1) is 17.7. The molecule has 3 aromatic heterocycles. The molecule has 1 fully saturated rings. The Bertz CT molecular complexity index is 865. The van der Waals surface area contributed by atoms with Crippen molar-refractivity contribution in [3.63, 3.8) is 0 Å². The maximum Gasteiger partial charge on any atom is 0.318 e. The summed E-state index contributed by atoms with van der Waals surface area (Å²) in [5.74, 6) is 1.05. The zero-order valence-corrected chi connectivity index (χ0v) is 15.7. The van der Waals surface area contributed by atoms with Gasteiger partial charge in [0.15, 0.2) is 5.82 Å². The van der Waals surface area contributed by atoms with Crippen LogP contribution in [0, 0.1) is 0 Å². The number of carbonyl (C=O) groups is 1. The molecule has 8 heteroatoms. The number of nitrogens with zero attached hydrogens (tertiary/aromatic N) is 4. The van der Waals surface area contributed by atoms with Gasteiger partial charge in [0.25, 0.3) is 0 Å². The van der Waals surface area contributed by atoms with Gasteiger partial charge in [0.05, 0.1) is 24.7 Å². The van der Waals surface area contributed by atoms with Gasteiger partial charge in [-0.05, 0) is 42.8 Å². The molecule has 3 aromatic rings.